The fourth-order valence-corrected chi connectivity index (χ4v) is 4.64. The number of rotatable bonds is 5. The number of hydrogen-bond acceptors (Lipinski definition) is 6. The minimum atomic E-state index is -1.27. The Kier molecular flexibility index (Phi) is 5.41. The molecule has 1 aliphatic carbocycles. The lowest BCUT2D eigenvalue weighted by Gasteiger charge is -2.28. The van der Waals surface area contributed by atoms with E-state index in [1.165, 1.54) is 32.1 Å². The first-order valence-electron chi connectivity index (χ1n) is 9.01. The maximum Gasteiger partial charge on any atom is 0.184 e. The average Bonchev–Trinajstić information content (AvgIpc) is 3.03. The summed E-state index contributed by atoms with van der Waals surface area (Å²) >= 11 is 4.93. The molecule has 3 aromatic rings. The number of hydrogen-bond donors (Lipinski definition) is 2. The van der Waals surface area contributed by atoms with Gasteiger partial charge in [-0.3, -0.25) is 4.98 Å². The number of benzene rings is 1. The van der Waals surface area contributed by atoms with Gasteiger partial charge in [0.1, 0.15) is 10.4 Å². The van der Waals surface area contributed by atoms with E-state index in [-0.39, 0.29) is 0 Å². The number of fused-ring (bicyclic) bond motifs is 1. The van der Waals surface area contributed by atoms with E-state index in [0.29, 0.717) is 16.5 Å². The van der Waals surface area contributed by atoms with Crippen molar-refractivity contribution in [2.75, 3.05) is 10.6 Å². The van der Waals surface area contributed by atoms with Crippen molar-refractivity contribution in [1.29, 1.82) is 0 Å². The van der Waals surface area contributed by atoms with Gasteiger partial charge < -0.3 is 10.6 Å². The molecule has 0 unspecified atom stereocenters. The Balaban J connectivity index is 1.54. The lowest BCUT2D eigenvalue weighted by molar-refractivity contribution is 0.462. The SMILES string of the molecule is [B]C([B])(Nc1cncc(Br)n1)c1ccc2nc(NC3CCCCC3)sc2c1. The number of nitrogens with one attached hydrogen (secondary N) is 2. The highest BCUT2D eigenvalue weighted by atomic mass is 79.9. The molecule has 1 aromatic carbocycles. The van der Waals surface area contributed by atoms with Gasteiger partial charge in [-0.25, -0.2) is 9.97 Å². The van der Waals surface area contributed by atoms with Crippen molar-refractivity contribution >= 4 is 64.1 Å². The Morgan fingerprint density at radius 3 is 2.70 bits per heavy atom. The first-order valence-corrected chi connectivity index (χ1v) is 10.6. The van der Waals surface area contributed by atoms with E-state index in [1.807, 2.05) is 18.2 Å². The summed E-state index contributed by atoms with van der Waals surface area (Å²) in [4.78, 5) is 13.1. The van der Waals surface area contributed by atoms with Crippen LogP contribution in [0.25, 0.3) is 10.2 Å². The van der Waals surface area contributed by atoms with Crippen molar-refractivity contribution in [3.63, 3.8) is 0 Å². The standard InChI is InChI=1S/C18H18B2BrN5S/c19-18(20,26-16-10-22-9-15(21)25-16)11-6-7-13-14(8-11)27-17(24-13)23-12-4-2-1-3-5-12/h6-10,12H,1-5H2,(H,23,24)(H,25,26). The normalized spacial score (nSPS) is 15.7. The van der Waals surface area contributed by atoms with E-state index >= 15 is 0 Å². The van der Waals surface area contributed by atoms with E-state index in [2.05, 4.69) is 36.5 Å². The topological polar surface area (TPSA) is 62.7 Å². The number of halogens is 1. The van der Waals surface area contributed by atoms with Crippen LogP contribution in [-0.4, -0.2) is 36.7 Å². The van der Waals surface area contributed by atoms with Gasteiger partial charge in [0.25, 0.3) is 0 Å². The summed E-state index contributed by atoms with van der Waals surface area (Å²) in [6.07, 6.45) is 9.53. The third kappa shape index (κ3) is 4.46. The molecular weight excluding hydrogens is 420 g/mol. The predicted octanol–water partition coefficient (Wildman–Crippen LogP) is 4.15. The lowest BCUT2D eigenvalue weighted by atomic mass is 9.58. The maximum atomic E-state index is 6.32. The van der Waals surface area contributed by atoms with E-state index in [4.69, 9.17) is 20.7 Å². The monoisotopic (exact) mass is 437 g/mol. The van der Waals surface area contributed by atoms with Gasteiger partial charge in [0.05, 0.1) is 38.3 Å². The van der Waals surface area contributed by atoms with Crippen LogP contribution in [0.1, 0.15) is 37.7 Å². The molecule has 4 rings (SSSR count). The Hall–Kier alpha value is -1.60. The van der Waals surface area contributed by atoms with E-state index in [9.17, 15) is 0 Å². The van der Waals surface area contributed by atoms with Gasteiger partial charge in [-0.15, -0.1) is 0 Å². The van der Waals surface area contributed by atoms with Crippen molar-refractivity contribution in [3.05, 3.63) is 40.8 Å². The van der Waals surface area contributed by atoms with Gasteiger partial charge >= 0.3 is 0 Å². The third-order valence-electron chi connectivity index (χ3n) is 4.74. The van der Waals surface area contributed by atoms with Crippen molar-refractivity contribution in [2.24, 2.45) is 0 Å². The second-order valence-electron chi connectivity index (χ2n) is 6.90. The first kappa shape index (κ1) is 18.7. The molecule has 5 nitrogen and oxygen atoms in total. The summed E-state index contributed by atoms with van der Waals surface area (Å²) in [6, 6.07) is 6.36. The quantitative estimate of drug-likeness (QED) is 0.587. The molecule has 0 bridgehead atoms. The summed E-state index contributed by atoms with van der Waals surface area (Å²) < 4.78 is 1.66. The molecule has 0 amide bonds. The van der Waals surface area contributed by atoms with Crippen LogP contribution in [-0.2, 0) is 5.34 Å². The second kappa shape index (κ2) is 7.80. The highest BCUT2D eigenvalue weighted by molar-refractivity contribution is 9.10. The average molecular weight is 438 g/mol. The highest BCUT2D eigenvalue weighted by Gasteiger charge is 2.21. The van der Waals surface area contributed by atoms with Gasteiger partial charge in [-0.05, 0) is 51.8 Å². The molecule has 2 N–H and O–H groups in total. The van der Waals surface area contributed by atoms with Crippen LogP contribution in [0.15, 0.2) is 35.2 Å². The minimum absolute atomic E-state index is 0.499. The Morgan fingerprint density at radius 2 is 1.93 bits per heavy atom. The van der Waals surface area contributed by atoms with Crippen molar-refractivity contribution in [2.45, 2.75) is 43.5 Å². The minimum Gasteiger partial charge on any atom is -0.376 e. The van der Waals surface area contributed by atoms with Gasteiger partial charge in [0.15, 0.2) is 5.13 Å². The molecular formula is C18H18B2BrN5S. The molecule has 2 aromatic heterocycles. The Bertz CT molecular complexity index is 942. The maximum absolute atomic E-state index is 6.32. The van der Waals surface area contributed by atoms with E-state index < -0.39 is 5.34 Å². The van der Waals surface area contributed by atoms with Crippen molar-refractivity contribution < 1.29 is 0 Å². The van der Waals surface area contributed by atoms with Crippen LogP contribution in [0.2, 0.25) is 0 Å². The smallest absolute Gasteiger partial charge is 0.184 e. The molecule has 1 fully saturated rings. The molecule has 2 heterocycles. The number of aromatic nitrogens is 3. The van der Waals surface area contributed by atoms with Gasteiger partial charge in [-0.1, -0.05) is 36.7 Å². The molecule has 1 aliphatic rings. The third-order valence-corrected chi connectivity index (χ3v) is 6.07. The molecule has 0 spiro atoms. The van der Waals surface area contributed by atoms with Crippen LogP contribution < -0.4 is 10.6 Å². The zero-order valence-corrected chi connectivity index (χ0v) is 17.2. The largest absolute Gasteiger partial charge is 0.376 e. The summed E-state index contributed by atoms with van der Waals surface area (Å²) in [6.45, 7) is 0. The number of nitrogens with zero attached hydrogens (tertiary/aromatic N) is 3. The van der Waals surface area contributed by atoms with Crippen molar-refractivity contribution in [1.82, 2.24) is 15.0 Å². The van der Waals surface area contributed by atoms with Gasteiger partial charge in [0, 0.05) is 6.04 Å². The van der Waals surface area contributed by atoms with Gasteiger partial charge in [-0.2, -0.15) is 0 Å². The lowest BCUT2D eigenvalue weighted by Crippen LogP contribution is -2.36. The van der Waals surface area contributed by atoms with Gasteiger partial charge in [0.2, 0.25) is 0 Å². The highest BCUT2D eigenvalue weighted by Crippen LogP contribution is 2.31. The van der Waals surface area contributed by atoms with Crippen LogP contribution in [0.3, 0.4) is 0 Å². The molecule has 27 heavy (non-hydrogen) atoms. The van der Waals surface area contributed by atoms with Crippen LogP contribution >= 0.6 is 27.3 Å². The second-order valence-corrected chi connectivity index (χ2v) is 8.74. The number of thiazole rings is 1. The van der Waals surface area contributed by atoms with E-state index in [0.717, 1.165) is 20.9 Å². The van der Waals surface area contributed by atoms with E-state index in [1.54, 1.807) is 23.7 Å². The predicted molar refractivity (Wildman–Crippen MR) is 117 cm³/mol. The van der Waals surface area contributed by atoms with Crippen molar-refractivity contribution in [3.8, 4) is 0 Å². The fraction of sp³-hybridized carbons (Fsp3) is 0.389. The Labute approximate surface area is 173 Å². The first-order chi connectivity index (χ1) is 13.0. The van der Waals surface area contributed by atoms with Crippen LogP contribution in [0, 0.1) is 0 Å². The molecule has 134 valence electrons. The molecule has 4 radical (unpaired) electrons. The zero-order chi connectivity index (χ0) is 18.9. The molecule has 9 heteroatoms. The summed E-state index contributed by atoms with van der Waals surface area (Å²) in [5.41, 5.74) is 1.70. The molecule has 0 atom stereocenters. The number of anilines is 2. The summed E-state index contributed by atoms with van der Waals surface area (Å²) in [5.74, 6) is 0.499. The molecule has 1 saturated carbocycles. The molecule has 0 saturated heterocycles. The summed E-state index contributed by atoms with van der Waals surface area (Å²) in [5, 5.41) is 6.30. The fourth-order valence-electron chi connectivity index (χ4n) is 3.35. The zero-order valence-electron chi connectivity index (χ0n) is 14.8. The Morgan fingerprint density at radius 1 is 1.11 bits per heavy atom. The molecule has 0 aliphatic heterocycles. The van der Waals surface area contributed by atoms with Crippen LogP contribution in [0.4, 0.5) is 10.9 Å². The van der Waals surface area contributed by atoms with Crippen LogP contribution in [0.5, 0.6) is 0 Å². The summed E-state index contributed by atoms with van der Waals surface area (Å²) in [7, 11) is 12.6.